The molecular formula is C33H45N3O6. The van der Waals surface area contributed by atoms with Crippen molar-refractivity contribution >= 4 is 23.9 Å². The van der Waals surface area contributed by atoms with Gasteiger partial charge in [0.05, 0.1) is 13.0 Å². The van der Waals surface area contributed by atoms with Crippen LogP contribution in [0.25, 0.3) is 0 Å². The van der Waals surface area contributed by atoms with E-state index >= 15 is 0 Å². The summed E-state index contributed by atoms with van der Waals surface area (Å²) in [5.74, 6) is -0.997. The first-order chi connectivity index (χ1) is 19.9. The first-order valence-electron chi connectivity index (χ1n) is 14.8. The Morgan fingerprint density at radius 1 is 0.976 bits per heavy atom. The van der Waals surface area contributed by atoms with Crippen molar-refractivity contribution in [2.24, 2.45) is 5.92 Å². The van der Waals surface area contributed by atoms with Gasteiger partial charge in [-0.2, -0.15) is 0 Å². The molecule has 4 unspecified atom stereocenters. The minimum absolute atomic E-state index is 0.0195. The van der Waals surface area contributed by atoms with Crippen LogP contribution >= 0.6 is 0 Å². The van der Waals surface area contributed by atoms with Crippen molar-refractivity contribution in [3.8, 4) is 0 Å². The molecule has 2 aromatic carbocycles. The lowest BCUT2D eigenvalue weighted by molar-refractivity contribution is -0.145. The van der Waals surface area contributed by atoms with E-state index in [1.54, 1.807) is 32.6 Å². The van der Waals surface area contributed by atoms with Crippen molar-refractivity contribution in [1.29, 1.82) is 0 Å². The number of aryl methyl sites for hydroxylation is 1. The van der Waals surface area contributed by atoms with E-state index in [1.807, 2.05) is 68.4 Å². The smallest absolute Gasteiger partial charge is 0.408 e. The highest BCUT2D eigenvalue weighted by molar-refractivity contribution is 5.93. The van der Waals surface area contributed by atoms with Crippen LogP contribution in [0.15, 0.2) is 54.6 Å². The van der Waals surface area contributed by atoms with Gasteiger partial charge >= 0.3 is 12.1 Å². The number of benzene rings is 2. The van der Waals surface area contributed by atoms with Crippen LogP contribution < -0.4 is 10.6 Å². The summed E-state index contributed by atoms with van der Waals surface area (Å²) in [5, 5.41) is 5.64. The molecule has 0 radical (unpaired) electrons. The van der Waals surface area contributed by atoms with Crippen LogP contribution in [0.2, 0.25) is 0 Å². The average Bonchev–Trinajstić information content (AvgIpc) is 3.66. The summed E-state index contributed by atoms with van der Waals surface area (Å²) in [6.07, 6.45) is 1.10. The third-order valence-electron chi connectivity index (χ3n) is 7.11. The Bertz CT molecular complexity index is 1210. The van der Waals surface area contributed by atoms with Gasteiger partial charge in [-0.1, -0.05) is 68.4 Å². The van der Waals surface area contributed by atoms with Crippen LogP contribution in [0.1, 0.15) is 77.1 Å². The molecule has 2 aromatic rings. The van der Waals surface area contributed by atoms with Crippen LogP contribution in [0.5, 0.6) is 0 Å². The Morgan fingerprint density at radius 3 is 2.17 bits per heavy atom. The number of esters is 1. The van der Waals surface area contributed by atoms with Crippen LogP contribution in [-0.4, -0.2) is 59.6 Å². The fraction of sp³-hybridized carbons (Fsp3) is 0.515. The second kappa shape index (κ2) is 14.8. The first kappa shape index (κ1) is 32.6. The van der Waals surface area contributed by atoms with Gasteiger partial charge in [-0.05, 0) is 63.1 Å². The second-order valence-electron chi connectivity index (χ2n) is 11.8. The fourth-order valence-electron chi connectivity index (χ4n) is 4.84. The zero-order chi connectivity index (χ0) is 30.9. The van der Waals surface area contributed by atoms with Gasteiger partial charge in [0.25, 0.3) is 0 Å². The molecule has 1 aliphatic carbocycles. The molecule has 0 spiro atoms. The van der Waals surface area contributed by atoms with Crippen molar-refractivity contribution < 1.29 is 28.7 Å². The molecule has 0 aliphatic heterocycles. The Labute approximate surface area is 249 Å². The van der Waals surface area contributed by atoms with Crippen molar-refractivity contribution in [1.82, 2.24) is 15.5 Å². The molecule has 0 bridgehead atoms. The molecule has 3 amide bonds. The van der Waals surface area contributed by atoms with Crippen molar-refractivity contribution in [3.63, 3.8) is 0 Å². The molecule has 2 N–H and O–H groups in total. The maximum Gasteiger partial charge on any atom is 0.408 e. The predicted molar refractivity (Wildman–Crippen MR) is 161 cm³/mol. The summed E-state index contributed by atoms with van der Waals surface area (Å²) in [7, 11) is 0. The van der Waals surface area contributed by atoms with Gasteiger partial charge in [-0.15, -0.1) is 0 Å². The average molecular weight is 580 g/mol. The maximum atomic E-state index is 14.5. The van der Waals surface area contributed by atoms with E-state index in [0.29, 0.717) is 5.56 Å². The lowest BCUT2D eigenvalue weighted by Crippen LogP contribution is -2.54. The van der Waals surface area contributed by atoms with Gasteiger partial charge in [-0.25, -0.2) is 4.79 Å². The minimum atomic E-state index is -0.972. The topological polar surface area (TPSA) is 114 Å². The summed E-state index contributed by atoms with van der Waals surface area (Å²) >= 11 is 0. The summed E-state index contributed by atoms with van der Waals surface area (Å²) in [4.78, 5) is 54.8. The van der Waals surface area contributed by atoms with Gasteiger partial charge in [-0.3, -0.25) is 14.4 Å². The number of amides is 3. The van der Waals surface area contributed by atoms with E-state index in [-0.39, 0.29) is 43.9 Å². The molecule has 3 rings (SSSR count). The Kier molecular flexibility index (Phi) is 11.5. The molecule has 4 atom stereocenters. The number of nitrogens with one attached hydrogen (secondary N) is 2. The highest BCUT2D eigenvalue weighted by Crippen LogP contribution is 2.41. The van der Waals surface area contributed by atoms with E-state index in [2.05, 4.69) is 10.6 Å². The van der Waals surface area contributed by atoms with Gasteiger partial charge in [0.15, 0.2) is 0 Å². The van der Waals surface area contributed by atoms with E-state index in [0.717, 1.165) is 24.0 Å². The standard InChI is InChI=1S/C33H45N3O6/c1-7-23-14-16-25(17-15-23)29(30(38)34-19-18-28(37)41-8-2)36(27-20-22(27)3)31(39)26(21-24-12-10-9-11-13-24)35-32(40)42-33(4,5)6/h9-17,22,26-27,29H,7-8,18-21H2,1-6H3,(H,34,38)(H,35,40). The summed E-state index contributed by atoms with van der Waals surface area (Å²) in [6, 6.07) is 14.9. The normalized spacial score (nSPS) is 17.4. The minimum Gasteiger partial charge on any atom is -0.466 e. The number of rotatable bonds is 13. The number of ether oxygens (including phenoxy) is 2. The molecule has 0 heterocycles. The van der Waals surface area contributed by atoms with Crippen LogP contribution in [-0.2, 0) is 36.7 Å². The Balaban J connectivity index is 1.98. The zero-order valence-electron chi connectivity index (χ0n) is 25.6. The van der Waals surface area contributed by atoms with E-state index < -0.39 is 35.7 Å². The number of hydrogen-bond donors (Lipinski definition) is 2. The van der Waals surface area contributed by atoms with E-state index in [4.69, 9.17) is 9.47 Å². The van der Waals surface area contributed by atoms with E-state index in [1.165, 1.54) is 0 Å². The number of alkyl carbamates (subject to hydrolysis) is 1. The van der Waals surface area contributed by atoms with Crippen molar-refractivity contribution in [2.75, 3.05) is 13.2 Å². The Morgan fingerprint density at radius 2 is 1.62 bits per heavy atom. The molecule has 228 valence electrons. The second-order valence-corrected chi connectivity index (χ2v) is 11.8. The SMILES string of the molecule is CCOC(=O)CCNC(=O)C(c1ccc(CC)cc1)N(C(=O)C(Cc1ccccc1)NC(=O)OC(C)(C)C)C1CC1C. The number of nitrogens with zero attached hydrogens (tertiary/aromatic N) is 1. The van der Waals surface area contributed by atoms with Gasteiger partial charge in [0.2, 0.25) is 11.8 Å². The molecular weight excluding hydrogens is 534 g/mol. The van der Waals surface area contributed by atoms with Crippen molar-refractivity contribution in [3.05, 3.63) is 71.3 Å². The summed E-state index contributed by atoms with van der Waals surface area (Å²) in [6.45, 7) is 11.4. The molecule has 1 fully saturated rings. The zero-order valence-corrected chi connectivity index (χ0v) is 25.6. The molecule has 0 saturated heterocycles. The van der Waals surface area contributed by atoms with Crippen LogP contribution in [0, 0.1) is 5.92 Å². The van der Waals surface area contributed by atoms with Crippen molar-refractivity contribution in [2.45, 2.75) is 91.0 Å². The molecule has 9 heteroatoms. The lowest BCUT2D eigenvalue weighted by Gasteiger charge is -2.35. The van der Waals surface area contributed by atoms with E-state index in [9.17, 15) is 19.2 Å². The highest BCUT2D eigenvalue weighted by Gasteiger charge is 2.48. The maximum absolute atomic E-state index is 14.5. The van der Waals surface area contributed by atoms with Crippen LogP contribution in [0.3, 0.4) is 0 Å². The molecule has 9 nitrogen and oxygen atoms in total. The Hall–Kier alpha value is -3.88. The molecule has 1 aliphatic rings. The predicted octanol–water partition coefficient (Wildman–Crippen LogP) is 4.73. The molecule has 42 heavy (non-hydrogen) atoms. The first-order valence-corrected chi connectivity index (χ1v) is 14.8. The largest absolute Gasteiger partial charge is 0.466 e. The molecule has 1 saturated carbocycles. The third kappa shape index (κ3) is 9.60. The molecule has 0 aromatic heterocycles. The summed E-state index contributed by atoms with van der Waals surface area (Å²) in [5.41, 5.74) is 1.87. The van der Waals surface area contributed by atoms with Gasteiger partial charge in [0.1, 0.15) is 17.7 Å². The monoisotopic (exact) mass is 579 g/mol. The summed E-state index contributed by atoms with van der Waals surface area (Å²) < 4.78 is 10.5. The highest BCUT2D eigenvalue weighted by atomic mass is 16.6. The number of hydrogen-bond acceptors (Lipinski definition) is 6. The fourth-order valence-corrected chi connectivity index (χ4v) is 4.84. The van der Waals surface area contributed by atoms with Gasteiger partial charge < -0.3 is 25.0 Å². The van der Waals surface area contributed by atoms with Crippen LogP contribution in [0.4, 0.5) is 4.79 Å². The third-order valence-corrected chi connectivity index (χ3v) is 7.11. The lowest BCUT2D eigenvalue weighted by atomic mass is 9.98. The van der Waals surface area contributed by atoms with Gasteiger partial charge in [0, 0.05) is 19.0 Å². The quantitative estimate of drug-likeness (QED) is 0.332. The number of carbonyl (C=O) groups excluding carboxylic acids is 4. The number of carbonyl (C=O) groups is 4.